The van der Waals surface area contributed by atoms with Crippen molar-refractivity contribution in [2.45, 2.75) is 13.0 Å². The quantitative estimate of drug-likeness (QED) is 0.891. The lowest BCUT2D eigenvalue weighted by atomic mass is 10.0. The van der Waals surface area contributed by atoms with Crippen LogP contribution in [0.1, 0.15) is 23.4 Å². The second-order valence-corrected chi connectivity index (χ2v) is 6.06. The first-order valence-corrected chi connectivity index (χ1v) is 7.67. The molecule has 20 heavy (non-hydrogen) atoms. The molecule has 1 heterocycles. The van der Waals surface area contributed by atoms with Gasteiger partial charge in [0.05, 0.1) is 6.04 Å². The van der Waals surface area contributed by atoms with Gasteiger partial charge in [-0.1, -0.05) is 36.7 Å². The lowest BCUT2D eigenvalue weighted by Gasteiger charge is -2.20. The van der Waals surface area contributed by atoms with E-state index in [1.165, 1.54) is 0 Å². The highest BCUT2D eigenvalue weighted by Gasteiger charge is 2.20. The summed E-state index contributed by atoms with van der Waals surface area (Å²) in [6.07, 6.45) is 0. The van der Waals surface area contributed by atoms with E-state index in [4.69, 9.17) is 17.3 Å². The summed E-state index contributed by atoms with van der Waals surface area (Å²) in [4.78, 5) is 13.2. The van der Waals surface area contributed by atoms with Gasteiger partial charge in [0.15, 0.2) is 0 Å². The summed E-state index contributed by atoms with van der Waals surface area (Å²) in [7, 11) is 0. The number of amides is 1. The predicted octanol–water partition coefficient (Wildman–Crippen LogP) is 3.20. The molecule has 0 aliphatic rings. The number of carbonyl (C=O) groups excluding carboxylic acids is 1. The van der Waals surface area contributed by atoms with Crippen molar-refractivity contribution < 1.29 is 4.79 Å². The van der Waals surface area contributed by atoms with Crippen LogP contribution in [0.3, 0.4) is 0 Å². The Bertz CT molecular complexity index is 554. The van der Waals surface area contributed by atoms with E-state index in [0.717, 1.165) is 10.4 Å². The molecule has 2 rings (SSSR count). The van der Waals surface area contributed by atoms with Gasteiger partial charge in [0.25, 0.3) is 0 Å². The SMILES string of the molecule is CC(CN)C(=O)NC(c1ccc(Cl)cc1)c1cccs1. The molecule has 1 amide bonds. The fourth-order valence-corrected chi connectivity index (χ4v) is 2.75. The van der Waals surface area contributed by atoms with Crippen LogP contribution < -0.4 is 11.1 Å². The lowest BCUT2D eigenvalue weighted by Crippen LogP contribution is -2.36. The number of thiophene rings is 1. The number of hydrogen-bond acceptors (Lipinski definition) is 3. The van der Waals surface area contributed by atoms with Crippen molar-refractivity contribution in [1.29, 1.82) is 0 Å². The Labute approximate surface area is 127 Å². The van der Waals surface area contributed by atoms with Gasteiger partial charge in [-0.2, -0.15) is 0 Å². The van der Waals surface area contributed by atoms with E-state index >= 15 is 0 Å². The van der Waals surface area contributed by atoms with Gasteiger partial charge >= 0.3 is 0 Å². The van der Waals surface area contributed by atoms with E-state index in [-0.39, 0.29) is 17.9 Å². The molecule has 0 saturated carbocycles. The molecule has 0 saturated heterocycles. The molecule has 2 aromatic rings. The Morgan fingerprint density at radius 2 is 2.05 bits per heavy atom. The molecule has 0 aliphatic heterocycles. The van der Waals surface area contributed by atoms with Crippen LogP contribution in [0.5, 0.6) is 0 Å². The van der Waals surface area contributed by atoms with Crippen LogP contribution in [0.15, 0.2) is 41.8 Å². The largest absolute Gasteiger partial charge is 0.344 e. The molecule has 2 atom stereocenters. The maximum absolute atomic E-state index is 12.1. The molecule has 0 fully saturated rings. The highest BCUT2D eigenvalue weighted by molar-refractivity contribution is 7.10. The maximum Gasteiger partial charge on any atom is 0.224 e. The molecule has 0 radical (unpaired) electrons. The number of rotatable bonds is 5. The van der Waals surface area contributed by atoms with Crippen LogP contribution in [0.25, 0.3) is 0 Å². The molecule has 0 bridgehead atoms. The van der Waals surface area contributed by atoms with Gasteiger partial charge in [0.2, 0.25) is 5.91 Å². The molecular formula is C15H17ClN2OS. The van der Waals surface area contributed by atoms with Gasteiger partial charge in [-0.3, -0.25) is 4.79 Å². The van der Waals surface area contributed by atoms with Crippen LogP contribution in [-0.4, -0.2) is 12.5 Å². The molecular weight excluding hydrogens is 292 g/mol. The van der Waals surface area contributed by atoms with Crippen molar-refractivity contribution >= 4 is 28.8 Å². The van der Waals surface area contributed by atoms with E-state index in [9.17, 15) is 4.79 Å². The van der Waals surface area contributed by atoms with E-state index in [2.05, 4.69) is 5.32 Å². The molecule has 3 nitrogen and oxygen atoms in total. The van der Waals surface area contributed by atoms with Gasteiger partial charge in [0, 0.05) is 22.4 Å². The standard InChI is InChI=1S/C15H17ClN2OS/c1-10(9-17)15(19)18-14(13-3-2-8-20-13)11-4-6-12(16)7-5-11/h2-8,10,14H,9,17H2,1H3,(H,18,19). The fraction of sp³-hybridized carbons (Fsp3) is 0.267. The van der Waals surface area contributed by atoms with Crippen molar-refractivity contribution in [1.82, 2.24) is 5.32 Å². The molecule has 1 aromatic carbocycles. The third-order valence-electron chi connectivity index (χ3n) is 3.12. The maximum atomic E-state index is 12.1. The van der Waals surface area contributed by atoms with Crippen molar-refractivity contribution in [3.05, 3.63) is 57.2 Å². The van der Waals surface area contributed by atoms with Gasteiger partial charge in [-0.15, -0.1) is 11.3 Å². The number of halogens is 1. The first kappa shape index (κ1) is 15.0. The Kier molecular flexibility index (Phi) is 5.17. The Morgan fingerprint density at radius 3 is 2.60 bits per heavy atom. The summed E-state index contributed by atoms with van der Waals surface area (Å²) >= 11 is 7.53. The van der Waals surface area contributed by atoms with E-state index in [0.29, 0.717) is 11.6 Å². The van der Waals surface area contributed by atoms with Crippen LogP contribution in [-0.2, 0) is 4.79 Å². The fourth-order valence-electron chi connectivity index (χ4n) is 1.82. The van der Waals surface area contributed by atoms with Crippen molar-refractivity contribution in [3.8, 4) is 0 Å². The van der Waals surface area contributed by atoms with Gasteiger partial charge < -0.3 is 11.1 Å². The topological polar surface area (TPSA) is 55.1 Å². The molecule has 5 heteroatoms. The summed E-state index contributed by atoms with van der Waals surface area (Å²) in [5, 5.41) is 5.73. The Balaban J connectivity index is 2.26. The van der Waals surface area contributed by atoms with E-state index in [1.807, 2.05) is 48.7 Å². The highest BCUT2D eigenvalue weighted by Crippen LogP contribution is 2.27. The molecule has 0 spiro atoms. The normalized spacial score (nSPS) is 13.8. The summed E-state index contributed by atoms with van der Waals surface area (Å²) in [6, 6.07) is 11.3. The van der Waals surface area contributed by atoms with Crippen molar-refractivity contribution in [3.63, 3.8) is 0 Å². The smallest absolute Gasteiger partial charge is 0.224 e. The molecule has 3 N–H and O–H groups in total. The molecule has 106 valence electrons. The zero-order chi connectivity index (χ0) is 14.5. The first-order chi connectivity index (χ1) is 9.61. The van der Waals surface area contributed by atoms with Crippen molar-refractivity contribution in [2.24, 2.45) is 11.7 Å². The summed E-state index contributed by atoms with van der Waals surface area (Å²) in [5.74, 6) is -0.245. The first-order valence-electron chi connectivity index (χ1n) is 6.41. The van der Waals surface area contributed by atoms with Crippen LogP contribution in [0.4, 0.5) is 0 Å². The minimum absolute atomic E-state index is 0.0409. The average molecular weight is 309 g/mol. The second kappa shape index (κ2) is 6.88. The average Bonchev–Trinajstić information content (AvgIpc) is 2.98. The van der Waals surface area contributed by atoms with Crippen LogP contribution >= 0.6 is 22.9 Å². The summed E-state index contributed by atoms with van der Waals surface area (Å²) < 4.78 is 0. The minimum Gasteiger partial charge on any atom is -0.344 e. The molecule has 1 aromatic heterocycles. The second-order valence-electron chi connectivity index (χ2n) is 4.65. The third-order valence-corrected chi connectivity index (χ3v) is 4.31. The van der Waals surface area contributed by atoms with Crippen molar-refractivity contribution in [2.75, 3.05) is 6.54 Å². The molecule has 0 aliphatic carbocycles. The zero-order valence-corrected chi connectivity index (χ0v) is 12.7. The van der Waals surface area contributed by atoms with Gasteiger partial charge in [0.1, 0.15) is 0 Å². The van der Waals surface area contributed by atoms with Crippen LogP contribution in [0, 0.1) is 5.92 Å². The number of nitrogens with two attached hydrogens (primary N) is 1. The Morgan fingerprint density at radius 1 is 1.35 bits per heavy atom. The summed E-state index contributed by atoms with van der Waals surface area (Å²) in [5.41, 5.74) is 6.56. The van der Waals surface area contributed by atoms with E-state index in [1.54, 1.807) is 11.3 Å². The number of benzene rings is 1. The Hall–Kier alpha value is -1.36. The monoisotopic (exact) mass is 308 g/mol. The highest BCUT2D eigenvalue weighted by atomic mass is 35.5. The number of hydrogen-bond donors (Lipinski definition) is 2. The zero-order valence-electron chi connectivity index (χ0n) is 11.2. The van der Waals surface area contributed by atoms with Gasteiger partial charge in [-0.05, 0) is 29.1 Å². The van der Waals surface area contributed by atoms with E-state index < -0.39 is 0 Å². The van der Waals surface area contributed by atoms with Gasteiger partial charge in [-0.25, -0.2) is 0 Å². The lowest BCUT2D eigenvalue weighted by molar-refractivity contribution is -0.124. The predicted molar refractivity (Wildman–Crippen MR) is 84.0 cm³/mol. The summed E-state index contributed by atoms with van der Waals surface area (Å²) in [6.45, 7) is 2.16. The third kappa shape index (κ3) is 3.60. The minimum atomic E-state index is -0.204. The number of carbonyl (C=O) groups is 1. The van der Waals surface area contributed by atoms with Crippen LogP contribution in [0.2, 0.25) is 5.02 Å². The molecule has 2 unspecified atom stereocenters. The number of nitrogens with one attached hydrogen (secondary N) is 1.